The molecule has 2 aromatic carbocycles. The summed E-state index contributed by atoms with van der Waals surface area (Å²) in [7, 11) is 1.58. The number of imidazole rings is 1. The summed E-state index contributed by atoms with van der Waals surface area (Å²) in [5.41, 5.74) is -0.0131. The number of halogens is 3. The minimum Gasteiger partial charge on any atom is -0.385 e. The zero-order chi connectivity index (χ0) is 29.7. The summed E-state index contributed by atoms with van der Waals surface area (Å²) >= 11 is 0. The SMILES string of the molecule is COC[C@]1(O)CCCC[C@H]1n1cnc(C(=O)N2CCNC[C@H]2CCNc2ccccc2C(F)(F)F)c1-c1ccccc1. The molecule has 0 unspecified atom stereocenters. The van der Waals surface area contributed by atoms with Crippen molar-refractivity contribution < 1.29 is 27.8 Å². The van der Waals surface area contributed by atoms with Gasteiger partial charge in [0.15, 0.2) is 5.69 Å². The molecule has 1 saturated heterocycles. The fourth-order valence-corrected chi connectivity index (χ4v) is 6.34. The average molecular weight is 586 g/mol. The summed E-state index contributed by atoms with van der Waals surface area (Å²) in [6.07, 6.45) is 0.786. The van der Waals surface area contributed by atoms with Gasteiger partial charge in [-0.3, -0.25) is 4.79 Å². The van der Waals surface area contributed by atoms with Gasteiger partial charge in [0, 0.05) is 50.6 Å². The van der Waals surface area contributed by atoms with Crippen LogP contribution >= 0.6 is 0 Å². The van der Waals surface area contributed by atoms with E-state index in [0.29, 0.717) is 43.9 Å². The third-order valence-electron chi connectivity index (χ3n) is 8.37. The number of aliphatic hydroxyl groups is 1. The van der Waals surface area contributed by atoms with E-state index < -0.39 is 17.3 Å². The Bertz CT molecular complexity index is 1350. The number of piperazine rings is 1. The zero-order valence-electron chi connectivity index (χ0n) is 23.7. The second-order valence-corrected chi connectivity index (χ2v) is 11.1. The van der Waals surface area contributed by atoms with Crippen LogP contribution in [0.3, 0.4) is 0 Å². The van der Waals surface area contributed by atoms with Gasteiger partial charge in [-0.05, 0) is 31.4 Å². The van der Waals surface area contributed by atoms with Crippen LogP contribution in [0.2, 0.25) is 0 Å². The predicted octanol–water partition coefficient (Wildman–Crippen LogP) is 4.98. The number of aromatic nitrogens is 2. The Kier molecular flexibility index (Phi) is 9.19. The second-order valence-electron chi connectivity index (χ2n) is 11.1. The third-order valence-corrected chi connectivity index (χ3v) is 8.37. The number of benzene rings is 2. The summed E-state index contributed by atoms with van der Waals surface area (Å²) in [6.45, 7) is 2.00. The Hall–Kier alpha value is -3.41. The van der Waals surface area contributed by atoms with E-state index in [1.54, 1.807) is 24.4 Å². The van der Waals surface area contributed by atoms with Crippen LogP contribution in [-0.2, 0) is 10.9 Å². The van der Waals surface area contributed by atoms with Crippen molar-refractivity contribution in [3.8, 4) is 11.3 Å². The van der Waals surface area contributed by atoms with Gasteiger partial charge in [0.1, 0.15) is 5.60 Å². The van der Waals surface area contributed by atoms with Crippen molar-refractivity contribution in [2.45, 2.75) is 56.0 Å². The first-order valence-corrected chi connectivity index (χ1v) is 14.5. The molecule has 1 aliphatic carbocycles. The highest BCUT2D eigenvalue weighted by molar-refractivity contribution is 5.98. The largest absolute Gasteiger partial charge is 0.418 e. The summed E-state index contributed by atoms with van der Waals surface area (Å²) in [5.74, 6) is -0.235. The lowest BCUT2D eigenvalue weighted by Gasteiger charge is -2.41. The van der Waals surface area contributed by atoms with Crippen molar-refractivity contribution in [2.75, 3.05) is 45.2 Å². The van der Waals surface area contributed by atoms with E-state index in [1.807, 2.05) is 34.9 Å². The van der Waals surface area contributed by atoms with Crippen molar-refractivity contribution in [3.05, 3.63) is 72.2 Å². The molecule has 2 aliphatic rings. The van der Waals surface area contributed by atoms with Crippen molar-refractivity contribution in [1.82, 2.24) is 19.8 Å². The molecule has 3 atom stereocenters. The Morgan fingerprint density at radius 1 is 1.17 bits per heavy atom. The molecule has 3 aromatic rings. The maximum atomic E-state index is 14.2. The maximum absolute atomic E-state index is 14.2. The zero-order valence-corrected chi connectivity index (χ0v) is 23.7. The first-order chi connectivity index (χ1) is 20.2. The molecule has 1 aliphatic heterocycles. The van der Waals surface area contributed by atoms with E-state index in [-0.39, 0.29) is 36.8 Å². The number of rotatable bonds is 9. The van der Waals surface area contributed by atoms with Gasteiger partial charge in [-0.15, -0.1) is 0 Å². The van der Waals surface area contributed by atoms with E-state index in [4.69, 9.17) is 4.74 Å². The summed E-state index contributed by atoms with van der Waals surface area (Å²) in [4.78, 5) is 20.6. The molecule has 1 saturated carbocycles. The van der Waals surface area contributed by atoms with E-state index in [2.05, 4.69) is 15.6 Å². The standard InChI is InChI=1S/C31H38F3N5O3/c1-42-20-30(41)15-8-7-13-26(30)39-21-37-27(28(39)22-9-3-2-4-10-22)29(40)38-18-17-35-19-23(38)14-16-36-25-12-6-5-11-24(25)31(32,33)34/h2-6,9-12,21,23,26,35-36,41H,7-8,13-20H2,1H3/t23-,26-,30-/m1/s1. The monoisotopic (exact) mass is 585 g/mol. The topological polar surface area (TPSA) is 91.6 Å². The maximum Gasteiger partial charge on any atom is 0.418 e. The van der Waals surface area contributed by atoms with E-state index in [9.17, 15) is 23.1 Å². The highest BCUT2D eigenvalue weighted by atomic mass is 19.4. The van der Waals surface area contributed by atoms with E-state index in [0.717, 1.165) is 30.9 Å². The molecule has 226 valence electrons. The van der Waals surface area contributed by atoms with Crippen molar-refractivity contribution >= 4 is 11.6 Å². The molecule has 11 heteroatoms. The van der Waals surface area contributed by atoms with Crippen LogP contribution in [0.5, 0.6) is 0 Å². The summed E-state index contributed by atoms with van der Waals surface area (Å²) < 4.78 is 47.7. The molecule has 0 bridgehead atoms. The molecule has 3 N–H and O–H groups in total. The van der Waals surface area contributed by atoms with E-state index in [1.165, 1.54) is 12.1 Å². The number of para-hydroxylation sites is 1. The van der Waals surface area contributed by atoms with Gasteiger partial charge in [-0.1, -0.05) is 55.3 Å². The second kappa shape index (κ2) is 12.8. The number of carbonyl (C=O) groups excluding carboxylic acids is 1. The molecule has 0 spiro atoms. The van der Waals surface area contributed by atoms with Crippen LogP contribution in [0.1, 0.15) is 54.2 Å². The molecule has 1 aromatic heterocycles. The molecule has 42 heavy (non-hydrogen) atoms. The van der Waals surface area contributed by atoms with E-state index >= 15 is 0 Å². The van der Waals surface area contributed by atoms with Gasteiger partial charge in [0.2, 0.25) is 0 Å². The van der Waals surface area contributed by atoms with Crippen LogP contribution in [0.4, 0.5) is 18.9 Å². The normalized spacial score (nSPS) is 23.1. The number of hydrogen-bond donors (Lipinski definition) is 3. The number of anilines is 1. The minimum absolute atomic E-state index is 0.0211. The average Bonchev–Trinajstić information content (AvgIpc) is 3.42. The third kappa shape index (κ3) is 6.33. The molecular formula is C31H38F3N5O3. The molecule has 2 fully saturated rings. The smallest absolute Gasteiger partial charge is 0.385 e. The Balaban J connectivity index is 1.41. The van der Waals surface area contributed by atoms with Crippen LogP contribution in [0, 0.1) is 0 Å². The number of alkyl halides is 3. The number of nitrogens with one attached hydrogen (secondary N) is 2. The quantitative estimate of drug-likeness (QED) is 0.328. The van der Waals surface area contributed by atoms with Gasteiger partial charge < -0.3 is 29.9 Å². The number of amides is 1. The molecule has 8 nitrogen and oxygen atoms in total. The van der Waals surface area contributed by atoms with Crippen molar-refractivity contribution in [1.29, 1.82) is 0 Å². The van der Waals surface area contributed by atoms with Crippen molar-refractivity contribution in [3.63, 3.8) is 0 Å². The Morgan fingerprint density at radius 2 is 1.93 bits per heavy atom. The van der Waals surface area contributed by atoms with Crippen LogP contribution in [-0.4, -0.2) is 77.0 Å². The number of carbonyl (C=O) groups is 1. The molecule has 2 heterocycles. The highest BCUT2D eigenvalue weighted by Gasteiger charge is 2.42. The number of nitrogens with zero attached hydrogens (tertiary/aromatic N) is 3. The van der Waals surface area contributed by atoms with Crippen LogP contribution < -0.4 is 10.6 Å². The minimum atomic E-state index is -4.46. The molecular weight excluding hydrogens is 547 g/mol. The Morgan fingerprint density at radius 3 is 2.69 bits per heavy atom. The van der Waals surface area contributed by atoms with Gasteiger partial charge in [0.25, 0.3) is 5.91 Å². The summed E-state index contributed by atoms with van der Waals surface area (Å²) in [6, 6.07) is 14.4. The summed E-state index contributed by atoms with van der Waals surface area (Å²) in [5, 5.41) is 17.8. The molecule has 1 amide bonds. The van der Waals surface area contributed by atoms with Crippen molar-refractivity contribution in [2.24, 2.45) is 0 Å². The van der Waals surface area contributed by atoms with Crippen LogP contribution in [0.25, 0.3) is 11.3 Å². The highest BCUT2D eigenvalue weighted by Crippen LogP contribution is 2.41. The van der Waals surface area contributed by atoms with Gasteiger partial charge in [-0.2, -0.15) is 13.2 Å². The first-order valence-electron chi connectivity index (χ1n) is 14.5. The fourth-order valence-electron chi connectivity index (χ4n) is 6.34. The molecule has 5 rings (SSSR count). The van der Waals surface area contributed by atoms with Gasteiger partial charge in [0.05, 0.1) is 30.2 Å². The van der Waals surface area contributed by atoms with Crippen LogP contribution in [0.15, 0.2) is 60.9 Å². The molecule has 0 radical (unpaired) electrons. The number of ether oxygens (including phenoxy) is 1. The lowest BCUT2D eigenvalue weighted by atomic mass is 9.80. The van der Waals surface area contributed by atoms with Gasteiger partial charge in [-0.25, -0.2) is 4.98 Å². The lowest BCUT2D eigenvalue weighted by Crippen LogP contribution is -2.54. The number of methoxy groups -OCH3 is 1. The Labute approximate surface area is 243 Å². The lowest BCUT2D eigenvalue weighted by molar-refractivity contribution is -0.137. The predicted molar refractivity (Wildman–Crippen MR) is 154 cm³/mol. The first kappa shape index (κ1) is 30.1. The fraction of sp³-hybridized carbons (Fsp3) is 0.484. The number of hydrogen-bond acceptors (Lipinski definition) is 6. The van der Waals surface area contributed by atoms with Gasteiger partial charge >= 0.3 is 6.18 Å².